The van der Waals surface area contributed by atoms with Crippen molar-refractivity contribution in [1.82, 2.24) is 39.8 Å². The van der Waals surface area contributed by atoms with E-state index >= 15 is 0 Å². The lowest BCUT2D eigenvalue weighted by atomic mass is 9.96. The second kappa shape index (κ2) is 9.29. The predicted molar refractivity (Wildman–Crippen MR) is 145 cm³/mol. The first-order chi connectivity index (χ1) is 19.2. The highest BCUT2D eigenvalue weighted by Crippen LogP contribution is 2.45. The van der Waals surface area contributed by atoms with E-state index in [-0.39, 0.29) is 6.54 Å². The number of aromatic amines is 2. The molecular weight excluding hydrogens is 517 g/mol. The summed E-state index contributed by atoms with van der Waals surface area (Å²) in [7, 11) is 1.93. The second-order valence-electron chi connectivity index (χ2n) is 11.0. The highest BCUT2D eigenvalue weighted by molar-refractivity contribution is 5.84. The van der Waals surface area contributed by atoms with Gasteiger partial charge in [-0.2, -0.15) is 23.4 Å². The predicted octanol–water partition coefficient (Wildman–Crippen LogP) is 5.45. The molecule has 1 aliphatic heterocycles. The first kappa shape index (κ1) is 25.0. The van der Waals surface area contributed by atoms with Crippen molar-refractivity contribution < 1.29 is 13.2 Å². The Morgan fingerprint density at radius 1 is 1.10 bits per heavy atom. The quantitative estimate of drug-likeness (QED) is 0.296. The smallest absolute Gasteiger partial charge is 0.341 e. The van der Waals surface area contributed by atoms with Gasteiger partial charge in [0.25, 0.3) is 0 Å². The third-order valence-corrected chi connectivity index (χ3v) is 8.00. The Kier molecular flexibility index (Phi) is 5.81. The first-order valence-corrected chi connectivity index (χ1v) is 13.5. The molecule has 1 saturated carbocycles. The summed E-state index contributed by atoms with van der Waals surface area (Å²) in [5.41, 5.74) is 8.11. The average Bonchev–Trinajstić information content (AvgIpc) is 3.29. The molecule has 2 aromatic carbocycles. The van der Waals surface area contributed by atoms with Gasteiger partial charge in [-0.05, 0) is 54.5 Å². The minimum Gasteiger partial charge on any atom is -0.341 e. The summed E-state index contributed by atoms with van der Waals surface area (Å²) in [6, 6.07) is 10.3. The lowest BCUT2D eigenvalue weighted by Crippen LogP contribution is -2.38. The molecule has 0 spiro atoms. The van der Waals surface area contributed by atoms with E-state index in [9.17, 15) is 13.2 Å². The topological polar surface area (TPSA) is 91.3 Å². The number of aryl methyl sites for hydroxylation is 2. The fourth-order valence-electron chi connectivity index (χ4n) is 5.89. The summed E-state index contributed by atoms with van der Waals surface area (Å²) < 4.78 is 40.4. The number of H-pyrrole nitrogens is 2. The summed E-state index contributed by atoms with van der Waals surface area (Å²) in [5.74, 6) is 2.81. The van der Waals surface area contributed by atoms with E-state index < -0.39 is 12.7 Å². The molecule has 2 aliphatic rings. The minimum atomic E-state index is -4.21. The summed E-state index contributed by atoms with van der Waals surface area (Å²) in [4.78, 5) is 14.3. The fourth-order valence-corrected chi connectivity index (χ4v) is 5.89. The number of halogens is 3. The van der Waals surface area contributed by atoms with Crippen LogP contribution >= 0.6 is 0 Å². The van der Waals surface area contributed by atoms with Gasteiger partial charge >= 0.3 is 6.18 Å². The van der Waals surface area contributed by atoms with Gasteiger partial charge in [0.1, 0.15) is 11.6 Å². The van der Waals surface area contributed by atoms with E-state index in [1.807, 2.05) is 43.0 Å². The number of benzene rings is 2. The van der Waals surface area contributed by atoms with Gasteiger partial charge < -0.3 is 4.98 Å². The maximum absolute atomic E-state index is 12.9. The Bertz CT molecular complexity index is 1720. The number of hydrogen-bond donors (Lipinski definition) is 2. The molecule has 3 aromatic heterocycles. The Balaban J connectivity index is 1.13. The number of hydrogen-bond acceptors (Lipinski definition) is 5. The summed E-state index contributed by atoms with van der Waals surface area (Å²) in [5, 5.41) is 13.2. The van der Waals surface area contributed by atoms with Crippen LogP contribution in [0.4, 0.5) is 13.2 Å². The number of alkyl halides is 3. The van der Waals surface area contributed by atoms with Gasteiger partial charge in [0, 0.05) is 49.5 Å². The number of aromatic nitrogens is 7. The zero-order valence-corrected chi connectivity index (χ0v) is 22.3. The molecule has 11 heteroatoms. The number of nitrogens with zero attached hydrogens (tertiary/aromatic N) is 6. The van der Waals surface area contributed by atoms with Crippen LogP contribution in [0.15, 0.2) is 36.5 Å². The van der Waals surface area contributed by atoms with E-state index in [0.717, 1.165) is 39.4 Å². The number of imidazole rings is 1. The zero-order valence-electron chi connectivity index (χ0n) is 22.3. The van der Waals surface area contributed by atoms with Gasteiger partial charge in [-0.25, -0.2) is 9.97 Å². The maximum Gasteiger partial charge on any atom is 0.401 e. The van der Waals surface area contributed by atoms with E-state index in [1.54, 1.807) is 0 Å². The molecule has 8 nitrogen and oxygen atoms in total. The Hall–Kier alpha value is -3.99. The van der Waals surface area contributed by atoms with Crippen LogP contribution in [0.5, 0.6) is 0 Å². The highest BCUT2D eigenvalue weighted by Gasteiger charge is 2.33. The summed E-state index contributed by atoms with van der Waals surface area (Å²) in [6.45, 7) is 1.66. The second-order valence-corrected chi connectivity index (χ2v) is 11.0. The molecule has 5 aromatic rings. The van der Waals surface area contributed by atoms with Gasteiger partial charge in [0.15, 0.2) is 5.82 Å². The third-order valence-electron chi connectivity index (χ3n) is 8.00. The standard InChI is InChI=1S/C29H29F3N8/c1-16-11-19(5-7-20(16)28-34-23-9-10-40(14-24(23)35-28)15-29(30,31)32)27-36-25(39(2)38-27)12-18-6-8-22-21(13-33-37-22)26(18)17-3-4-17/h5-8,11,13,17H,3-4,9-10,12,14-15H2,1-2H3,(H,33,37)(H,34,35). The van der Waals surface area contributed by atoms with Crippen molar-refractivity contribution in [3.05, 3.63) is 70.4 Å². The Labute approximate surface area is 228 Å². The maximum atomic E-state index is 12.9. The van der Waals surface area contributed by atoms with Gasteiger partial charge in [0.05, 0.1) is 29.6 Å². The van der Waals surface area contributed by atoms with Crippen molar-refractivity contribution in [3.8, 4) is 22.8 Å². The lowest BCUT2D eigenvalue weighted by Gasteiger charge is -2.26. The van der Waals surface area contributed by atoms with E-state index in [1.165, 1.54) is 34.3 Å². The molecule has 7 rings (SSSR count). The van der Waals surface area contributed by atoms with Crippen molar-refractivity contribution in [1.29, 1.82) is 0 Å². The molecule has 0 unspecified atom stereocenters. The van der Waals surface area contributed by atoms with Crippen molar-refractivity contribution in [3.63, 3.8) is 0 Å². The van der Waals surface area contributed by atoms with Crippen molar-refractivity contribution >= 4 is 10.9 Å². The molecule has 206 valence electrons. The van der Waals surface area contributed by atoms with Gasteiger partial charge in [-0.3, -0.25) is 14.7 Å². The number of fused-ring (bicyclic) bond motifs is 2. The largest absolute Gasteiger partial charge is 0.401 e. The number of rotatable bonds is 6. The summed E-state index contributed by atoms with van der Waals surface area (Å²) in [6.07, 6.45) is 1.31. The minimum absolute atomic E-state index is 0.218. The zero-order chi connectivity index (χ0) is 27.6. The van der Waals surface area contributed by atoms with Crippen LogP contribution in [-0.4, -0.2) is 59.1 Å². The Morgan fingerprint density at radius 2 is 1.95 bits per heavy atom. The fraction of sp³-hybridized carbons (Fsp3) is 0.379. The molecule has 0 bridgehead atoms. The van der Waals surface area contributed by atoms with Crippen LogP contribution < -0.4 is 0 Å². The highest BCUT2D eigenvalue weighted by atomic mass is 19.4. The van der Waals surface area contributed by atoms with E-state index in [0.29, 0.717) is 37.0 Å². The van der Waals surface area contributed by atoms with E-state index in [4.69, 9.17) is 15.1 Å². The van der Waals surface area contributed by atoms with Crippen LogP contribution in [0.1, 0.15) is 52.7 Å². The van der Waals surface area contributed by atoms with Crippen LogP contribution in [-0.2, 0) is 26.4 Å². The van der Waals surface area contributed by atoms with Crippen molar-refractivity contribution in [2.75, 3.05) is 13.1 Å². The monoisotopic (exact) mass is 546 g/mol. The molecule has 0 saturated heterocycles. The molecule has 2 N–H and O–H groups in total. The van der Waals surface area contributed by atoms with Gasteiger partial charge in [0.2, 0.25) is 0 Å². The number of nitrogens with one attached hydrogen (secondary N) is 2. The molecule has 0 atom stereocenters. The molecular formula is C29H29F3N8. The van der Waals surface area contributed by atoms with Crippen molar-refractivity contribution in [2.45, 2.75) is 51.2 Å². The molecule has 0 amide bonds. The first-order valence-electron chi connectivity index (χ1n) is 13.5. The van der Waals surface area contributed by atoms with Gasteiger partial charge in [-0.15, -0.1) is 0 Å². The normalized spacial score (nSPS) is 16.1. The van der Waals surface area contributed by atoms with Crippen LogP contribution in [0.2, 0.25) is 0 Å². The summed E-state index contributed by atoms with van der Waals surface area (Å²) >= 11 is 0. The van der Waals surface area contributed by atoms with Crippen LogP contribution in [0, 0.1) is 6.92 Å². The van der Waals surface area contributed by atoms with E-state index in [2.05, 4.69) is 27.3 Å². The Morgan fingerprint density at radius 3 is 2.73 bits per heavy atom. The van der Waals surface area contributed by atoms with Crippen molar-refractivity contribution in [2.24, 2.45) is 7.05 Å². The van der Waals surface area contributed by atoms with Crippen LogP contribution in [0.3, 0.4) is 0 Å². The molecule has 1 fully saturated rings. The third kappa shape index (κ3) is 4.68. The van der Waals surface area contributed by atoms with Gasteiger partial charge in [-0.1, -0.05) is 18.2 Å². The SMILES string of the molecule is Cc1cc(-c2nc(Cc3ccc4[nH]ncc4c3C3CC3)n(C)n2)ccc1-c1nc2c([nH]1)CN(CC(F)(F)F)CC2. The molecule has 1 aliphatic carbocycles. The molecule has 40 heavy (non-hydrogen) atoms. The molecule has 4 heterocycles. The molecule has 0 radical (unpaired) electrons. The van der Waals surface area contributed by atoms with Crippen LogP contribution in [0.25, 0.3) is 33.7 Å². The lowest BCUT2D eigenvalue weighted by molar-refractivity contribution is -0.147. The average molecular weight is 547 g/mol.